The highest BCUT2D eigenvalue weighted by molar-refractivity contribution is 5.42. The van der Waals surface area contributed by atoms with Crippen molar-refractivity contribution in [2.24, 2.45) is 0 Å². The number of nitrogens with zero attached hydrogens (tertiary/aromatic N) is 1. The maximum atomic E-state index is 4.94. The highest BCUT2D eigenvalue weighted by atomic mass is 16.5. The topological polar surface area (TPSA) is 38.1 Å². The van der Waals surface area contributed by atoms with Gasteiger partial charge in [0.25, 0.3) is 0 Å². The fraction of sp³-hybridized carbons (Fsp3) is 0.300. The molecule has 2 rings (SSSR count). The lowest BCUT2D eigenvalue weighted by Gasteiger charge is -2.14. The first-order valence-electron chi connectivity index (χ1n) is 4.42. The summed E-state index contributed by atoms with van der Waals surface area (Å²) in [5, 5.41) is 6.97. The van der Waals surface area contributed by atoms with E-state index in [0.717, 1.165) is 18.7 Å². The minimum atomic E-state index is 0.426. The Balaban J connectivity index is 1.93. The predicted octanol–water partition coefficient (Wildman–Crippen LogP) is 1.61. The molecule has 0 radical (unpaired) electrons. The van der Waals surface area contributed by atoms with Gasteiger partial charge in [-0.05, 0) is 12.5 Å². The van der Waals surface area contributed by atoms with Crippen LogP contribution in [0.25, 0.3) is 6.08 Å². The third kappa shape index (κ3) is 2.29. The van der Waals surface area contributed by atoms with E-state index < -0.39 is 0 Å². The van der Waals surface area contributed by atoms with Crippen molar-refractivity contribution in [3.8, 4) is 0 Å². The second-order valence-corrected chi connectivity index (χ2v) is 3.00. The molecule has 0 bridgehead atoms. The van der Waals surface area contributed by atoms with E-state index in [2.05, 4.69) is 28.7 Å². The summed E-state index contributed by atoms with van der Waals surface area (Å²) in [5.41, 5.74) is 0. The van der Waals surface area contributed by atoms with Crippen LogP contribution in [0.2, 0.25) is 0 Å². The fourth-order valence-electron chi connectivity index (χ4n) is 1.30. The molecule has 3 heteroatoms. The lowest BCUT2D eigenvalue weighted by atomic mass is 10.1. The van der Waals surface area contributed by atoms with E-state index in [-0.39, 0.29) is 0 Å². The molecule has 0 saturated heterocycles. The second-order valence-electron chi connectivity index (χ2n) is 3.00. The van der Waals surface area contributed by atoms with Gasteiger partial charge in [0, 0.05) is 18.7 Å². The summed E-state index contributed by atoms with van der Waals surface area (Å²) in [7, 11) is 0. The van der Waals surface area contributed by atoms with Gasteiger partial charge in [-0.15, -0.1) is 0 Å². The van der Waals surface area contributed by atoms with Gasteiger partial charge in [-0.25, -0.2) is 0 Å². The van der Waals surface area contributed by atoms with Crippen molar-refractivity contribution in [1.29, 1.82) is 0 Å². The molecular formula is C10H12N2O. The Morgan fingerprint density at radius 2 is 2.54 bits per heavy atom. The Morgan fingerprint density at radius 3 is 3.23 bits per heavy atom. The van der Waals surface area contributed by atoms with Gasteiger partial charge in [0.2, 0.25) is 0 Å². The molecule has 0 spiro atoms. The van der Waals surface area contributed by atoms with E-state index in [1.165, 1.54) is 0 Å². The van der Waals surface area contributed by atoms with Crippen molar-refractivity contribution in [3.63, 3.8) is 0 Å². The van der Waals surface area contributed by atoms with E-state index in [1.54, 1.807) is 6.20 Å². The van der Waals surface area contributed by atoms with Gasteiger partial charge in [-0.1, -0.05) is 23.4 Å². The molecule has 1 aromatic rings. The first kappa shape index (κ1) is 8.26. The average molecular weight is 176 g/mol. The van der Waals surface area contributed by atoms with Crippen LogP contribution in [0.5, 0.6) is 0 Å². The van der Waals surface area contributed by atoms with Crippen LogP contribution >= 0.6 is 0 Å². The molecule has 0 saturated carbocycles. The molecule has 68 valence electrons. The molecule has 1 aromatic heterocycles. The van der Waals surface area contributed by atoms with Crippen LogP contribution < -0.4 is 5.32 Å². The molecule has 1 N–H and O–H groups in total. The van der Waals surface area contributed by atoms with Crippen molar-refractivity contribution in [1.82, 2.24) is 10.5 Å². The molecule has 0 amide bonds. The number of hydrogen-bond acceptors (Lipinski definition) is 3. The third-order valence-electron chi connectivity index (χ3n) is 2.01. The minimum absolute atomic E-state index is 0.426. The van der Waals surface area contributed by atoms with E-state index >= 15 is 0 Å². The van der Waals surface area contributed by atoms with Gasteiger partial charge < -0.3 is 9.84 Å². The second kappa shape index (κ2) is 4.05. The van der Waals surface area contributed by atoms with Crippen molar-refractivity contribution >= 4 is 6.08 Å². The lowest BCUT2D eigenvalue weighted by Crippen LogP contribution is -2.29. The first-order valence-corrected chi connectivity index (χ1v) is 4.42. The molecule has 1 aliphatic heterocycles. The summed E-state index contributed by atoms with van der Waals surface area (Å²) in [5.74, 6) is 0.802. The molecule has 1 atom stereocenters. The molecule has 3 nitrogen and oxygen atoms in total. The number of aromatic nitrogens is 1. The van der Waals surface area contributed by atoms with Gasteiger partial charge in [0.05, 0.1) is 6.20 Å². The summed E-state index contributed by atoms with van der Waals surface area (Å²) in [4.78, 5) is 0. The molecule has 0 aromatic carbocycles. The average Bonchev–Trinajstić information content (AvgIpc) is 2.69. The Morgan fingerprint density at radius 1 is 1.54 bits per heavy atom. The number of rotatable bonds is 2. The molecule has 0 fully saturated rings. The lowest BCUT2D eigenvalue weighted by molar-refractivity contribution is 0.412. The van der Waals surface area contributed by atoms with Crippen LogP contribution in [0.4, 0.5) is 0 Å². The van der Waals surface area contributed by atoms with Crippen LogP contribution in [-0.2, 0) is 0 Å². The maximum absolute atomic E-state index is 4.94. The Labute approximate surface area is 77.1 Å². The third-order valence-corrected chi connectivity index (χ3v) is 2.01. The van der Waals surface area contributed by atoms with Crippen molar-refractivity contribution < 1.29 is 4.52 Å². The van der Waals surface area contributed by atoms with E-state index in [9.17, 15) is 0 Å². The smallest absolute Gasteiger partial charge is 0.159 e. The van der Waals surface area contributed by atoms with Gasteiger partial charge >= 0.3 is 0 Å². The summed E-state index contributed by atoms with van der Waals surface area (Å²) >= 11 is 0. The van der Waals surface area contributed by atoms with E-state index in [4.69, 9.17) is 4.52 Å². The molecule has 2 heterocycles. The summed E-state index contributed by atoms with van der Waals surface area (Å²) in [6, 6.07) is 2.27. The van der Waals surface area contributed by atoms with Crippen LogP contribution in [0.3, 0.4) is 0 Å². The standard InChI is InChI=1S/C10H12N2O/c1-2-7-11-9(3-1)4-5-10-6-8-12-13-10/h1-2,4-6,8-9,11H,3,7H2/b5-4+. The van der Waals surface area contributed by atoms with Crippen LogP contribution in [0.15, 0.2) is 35.0 Å². The monoisotopic (exact) mass is 176 g/mol. The zero-order chi connectivity index (χ0) is 8.93. The number of nitrogens with one attached hydrogen (secondary N) is 1. The quantitative estimate of drug-likeness (QED) is 0.695. The zero-order valence-corrected chi connectivity index (χ0v) is 7.31. The molecule has 1 aliphatic rings. The molecule has 0 aliphatic carbocycles. The van der Waals surface area contributed by atoms with Crippen LogP contribution in [-0.4, -0.2) is 17.7 Å². The van der Waals surface area contributed by atoms with Gasteiger partial charge in [-0.2, -0.15) is 0 Å². The van der Waals surface area contributed by atoms with Crippen LogP contribution in [0.1, 0.15) is 12.2 Å². The first-order chi connectivity index (χ1) is 6.45. The predicted molar refractivity (Wildman–Crippen MR) is 51.1 cm³/mol. The molecule has 13 heavy (non-hydrogen) atoms. The molecular weight excluding hydrogens is 164 g/mol. The highest BCUT2D eigenvalue weighted by Gasteiger charge is 2.03. The zero-order valence-electron chi connectivity index (χ0n) is 7.31. The van der Waals surface area contributed by atoms with Crippen molar-refractivity contribution in [2.45, 2.75) is 12.5 Å². The maximum Gasteiger partial charge on any atom is 0.159 e. The SMILES string of the molecule is C1=CCC(/C=C/c2ccno2)NC1. The van der Waals surface area contributed by atoms with E-state index in [0.29, 0.717) is 6.04 Å². The Kier molecular flexibility index (Phi) is 2.57. The Hall–Kier alpha value is -1.35. The summed E-state index contributed by atoms with van der Waals surface area (Å²) < 4.78 is 4.94. The minimum Gasteiger partial charge on any atom is -0.357 e. The normalized spacial score (nSPS) is 22.6. The largest absolute Gasteiger partial charge is 0.357 e. The van der Waals surface area contributed by atoms with Crippen molar-refractivity contribution in [2.75, 3.05) is 6.54 Å². The highest BCUT2D eigenvalue weighted by Crippen LogP contribution is 2.05. The molecule has 1 unspecified atom stereocenters. The fourth-order valence-corrected chi connectivity index (χ4v) is 1.30. The Bertz CT molecular complexity index is 301. The van der Waals surface area contributed by atoms with Crippen LogP contribution in [0, 0.1) is 0 Å². The van der Waals surface area contributed by atoms with E-state index in [1.807, 2.05) is 12.1 Å². The number of hydrogen-bond donors (Lipinski definition) is 1. The van der Waals surface area contributed by atoms with Gasteiger partial charge in [-0.3, -0.25) is 0 Å². The summed E-state index contributed by atoms with van der Waals surface area (Å²) in [6.07, 6.45) is 11.1. The van der Waals surface area contributed by atoms with Gasteiger partial charge in [0.1, 0.15) is 0 Å². The van der Waals surface area contributed by atoms with Gasteiger partial charge in [0.15, 0.2) is 5.76 Å². The van der Waals surface area contributed by atoms with Crippen molar-refractivity contribution in [3.05, 3.63) is 36.3 Å². The summed E-state index contributed by atoms with van der Waals surface area (Å²) in [6.45, 7) is 0.950.